The van der Waals surface area contributed by atoms with E-state index in [0.29, 0.717) is 0 Å². The maximum absolute atomic E-state index is 6.39. The maximum atomic E-state index is 6.39. The minimum absolute atomic E-state index is 0.0696. The van der Waals surface area contributed by atoms with Crippen LogP contribution in [0.4, 0.5) is 0 Å². The third-order valence-corrected chi connectivity index (χ3v) is 3.73. The van der Waals surface area contributed by atoms with Crippen molar-refractivity contribution in [2.24, 2.45) is 5.73 Å². The van der Waals surface area contributed by atoms with Crippen LogP contribution < -0.4 is 5.73 Å². The van der Waals surface area contributed by atoms with Gasteiger partial charge in [-0.1, -0.05) is 26.8 Å². The van der Waals surface area contributed by atoms with Crippen LogP contribution in [0.1, 0.15) is 45.0 Å². The Morgan fingerprint density at radius 3 is 2.39 bits per heavy atom. The molecule has 3 nitrogen and oxygen atoms in total. The van der Waals surface area contributed by atoms with Crippen LogP contribution in [0.25, 0.3) is 0 Å². The Kier molecular flexibility index (Phi) is 5.76. The number of pyridine rings is 1. The number of hydrogen-bond donors (Lipinski definition) is 1. The zero-order valence-corrected chi connectivity index (χ0v) is 12.2. The first kappa shape index (κ1) is 15.1. The Morgan fingerprint density at radius 1 is 1.22 bits per heavy atom. The number of aromatic nitrogens is 1. The van der Waals surface area contributed by atoms with E-state index in [1.807, 2.05) is 13.0 Å². The fourth-order valence-corrected chi connectivity index (χ4v) is 2.12. The second-order valence-corrected chi connectivity index (χ2v) is 5.14. The van der Waals surface area contributed by atoms with Gasteiger partial charge >= 0.3 is 0 Å². The smallest absolute Gasteiger partial charge is 0.0547 e. The van der Waals surface area contributed by atoms with E-state index in [4.69, 9.17) is 5.73 Å². The molecule has 18 heavy (non-hydrogen) atoms. The van der Waals surface area contributed by atoms with E-state index < -0.39 is 0 Å². The molecule has 0 atom stereocenters. The highest BCUT2D eigenvalue weighted by molar-refractivity contribution is 5.09. The van der Waals surface area contributed by atoms with E-state index in [2.05, 4.69) is 42.8 Å². The summed E-state index contributed by atoms with van der Waals surface area (Å²) >= 11 is 0. The Morgan fingerprint density at radius 2 is 1.89 bits per heavy atom. The van der Waals surface area contributed by atoms with Crippen molar-refractivity contribution in [2.75, 3.05) is 13.1 Å². The van der Waals surface area contributed by atoms with Gasteiger partial charge in [-0.15, -0.1) is 0 Å². The van der Waals surface area contributed by atoms with Crippen LogP contribution in [0.3, 0.4) is 0 Å². The van der Waals surface area contributed by atoms with Gasteiger partial charge in [-0.2, -0.15) is 0 Å². The first-order chi connectivity index (χ1) is 8.53. The van der Waals surface area contributed by atoms with Crippen molar-refractivity contribution < 1.29 is 0 Å². The molecule has 0 fully saturated rings. The molecule has 0 saturated carbocycles. The standard InChI is InChI=1S/C15H27N3/c1-5-15(16,6-2)12-18(7-3)11-14-10-8-9-13(4)17-14/h8-10H,5-7,11-12,16H2,1-4H3. The van der Waals surface area contributed by atoms with Crippen molar-refractivity contribution in [3.8, 4) is 0 Å². The lowest BCUT2D eigenvalue weighted by atomic mass is 9.93. The van der Waals surface area contributed by atoms with Crippen molar-refractivity contribution in [2.45, 2.75) is 52.6 Å². The lowest BCUT2D eigenvalue weighted by Gasteiger charge is -2.33. The van der Waals surface area contributed by atoms with Gasteiger partial charge in [-0.3, -0.25) is 9.88 Å². The van der Waals surface area contributed by atoms with E-state index >= 15 is 0 Å². The molecule has 0 aromatic carbocycles. The lowest BCUT2D eigenvalue weighted by molar-refractivity contribution is 0.198. The molecule has 1 aromatic heterocycles. The highest BCUT2D eigenvalue weighted by Gasteiger charge is 2.23. The average molecular weight is 249 g/mol. The maximum Gasteiger partial charge on any atom is 0.0547 e. The third-order valence-electron chi connectivity index (χ3n) is 3.73. The van der Waals surface area contributed by atoms with Crippen LogP contribution in [0.2, 0.25) is 0 Å². The third kappa shape index (κ3) is 4.39. The van der Waals surface area contributed by atoms with Gasteiger partial charge in [0.1, 0.15) is 0 Å². The summed E-state index contributed by atoms with van der Waals surface area (Å²) in [5, 5.41) is 0. The molecule has 0 bridgehead atoms. The molecule has 0 radical (unpaired) electrons. The number of rotatable bonds is 7. The Hall–Kier alpha value is -0.930. The summed E-state index contributed by atoms with van der Waals surface area (Å²) < 4.78 is 0. The molecule has 0 aliphatic rings. The van der Waals surface area contributed by atoms with Crippen molar-refractivity contribution in [3.05, 3.63) is 29.6 Å². The summed E-state index contributed by atoms with van der Waals surface area (Å²) in [5.41, 5.74) is 8.53. The van der Waals surface area contributed by atoms with Gasteiger partial charge < -0.3 is 5.73 Å². The van der Waals surface area contributed by atoms with Crippen LogP contribution in [0.5, 0.6) is 0 Å². The molecule has 3 heteroatoms. The number of aryl methyl sites for hydroxylation is 1. The van der Waals surface area contributed by atoms with Gasteiger partial charge in [0.25, 0.3) is 0 Å². The highest BCUT2D eigenvalue weighted by atomic mass is 15.1. The van der Waals surface area contributed by atoms with Crippen molar-refractivity contribution >= 4 is 0 Å². The van der Waals surface area contributed by atoms with Crippen LogP contribution in [-0.2, 0) is 6.54 Å². The van der Waals surface area contributed by atoms with Gasteiger partial charge in [-0.05, 0) is 38.4 Å². The zero-order chi connectivity index (χ0) is 13.6. The second-order valence-electron chi connectivity index (χ2n) is 5.14. The molecular weight excluding hydrogens is 222 g/mol. The summed E-state index contributed by atoms with van der Waals surface area (Å²) in [5.74, 6) is 0. The fraction of sp³-hybridized carbons (Fsp3) is 0.667. The van der Waals surface area contributed by atoms with Gasteiger partial charge in [0.15, 0.2) is 0 Å². The zero-order valence-electron chi connectivity index (χ0n) is 12.2. The first-order valence-electron chi connectivity index (χ1n) is 6.96. The number of nitrogens with zero attached hydrogens (tertiary/aromatic N) is 2. The van der Waals surface area contributed by atoms with Gasteiger partial charge in [0, 0.05) is 24.3 Å². The van der Waals surface area contributed by atoms with E-state index in [0.717, 1.165) is 43.9 Å². The summed E-state index contributed by atoms with van der Waals surface area (Å²) in [7, 11) is 0. The molecule has 0 aliphatic heterocycles. The van der Waals surface area contributed by atoms with Crippen LogP contribution in [-0.4, -0.2) is 28.5 Å². The van der Waals surface area contributed by atoms with Gasteiger partial charge in [0.2, 0.25) is 0 Å². The molecule has 0 amide bonds. The molecule has 0 spiro atoms. The van der Waals surface area contributed by atoms with Gasteiger partial charge in [-0.25, -0.2) is 0 Å². The summed E-state index contributed by atoms with van der Waals surface area (Å²) in [6.07, 6.45) is 2.03. The van der Waals surface area contributed by atoms with Crippen molar-refractivity contribution in [1.29, 1.82) is 0 Å². The normalized spacial score (nSPS) is 12.1. The van der Waals surface area contributed by atoms with Gasteiger partial charge in [0.05, 0.1) is 5.69 Å². The number of likely N-dealkylation sites (N-methyl/N-ethyl adjacent to an activating group) is 1. The predicted octanol–water partition coefficient (Wildman–Crippen LogP) is 2.73. The van der Waals surface area contributed by atoms with E-state index in [-0.39, 0.29) is 5.54 Å². The lowest BCUT2D eigenvalue weighted by Crippen LogP contribution is -2.49. The Labute approximate surface area is 111 Å². The average Bonchev–Trinajstić information content (AvgIpc) is 2.38. The van der Waals surface area contributed by atoms with Crippen LogP contribution in [0.15, 0.2) is 18.2 Å². The molecule has 102 valence electrons. The monoisotopic (exact) mass is 249 g/mol. The highest BCUT2D eigenvalue weighted by Crippen LogP contribution is 2.15. The van der Waals surface area contributed by atoms with Crippen molar-refractivity contribution in [3.63, 3.8) is 0 Å². The van der Waals surface area contributed by atoms with Crippen molar-refractivity contribution in [1.82, 2.24) is 9.88 Å². The SMILES string of the molecule is CCN(Cc1cccc(C)n1)CC(N)(CC)CC. The number of nitrogens with two attached hydrogens (primary N) is 1. The molecule has 1 rings (SSSR count). The Balaban J connectivity index is 2.67. The predicted molar refractivity (Wildman–Crippen MR) is 77.4 cm³/mol. The summed E-state index contributed by atoms with van der Waals surface area (Å²) in [6, 6.07) is 6.19. The van der Waals surface area contributed by atoms with E-state index in [1.54, 1.807) is 0 Å². The summed E-state index contributed by atoms with van der Waals surface area (Å²) in [6.45, 7) is 11.4. The minimum Gasteiger partial charge on any atom is -0.324 e. The molecular formula is C15H27N3. The second kappa shape index (κ2) is 6.86. The van der Waals surface area contributed by atoms with E-state index in [1.165, 1.54) is 0 Å². The van der Waals surface area contributed by atoms with Crippen LogP contribution >= 0.6 is 0 Å². The quantitative estimate of drug-likeness (QED) is 0.808. The first-order valence-corrected chi connectivity index (χ1v) is 6.96. The minimum atomic E-state index is -0.0696. The topological polar surface area (TPSA) is 42.2 Å². The largest absolute Gasteiger partial charge is 0.324 e. The summed E-state index contributed by atoms with van der Waals surface area (Å²) in [4.78, 5) is 6.94. The van der Waals surface area contributed by atoms with E-state index in [9.17, 15) is 0 Å². The molecule has 1 heterocycles. The fourth-order valence-electron chi connectivity index (χ4n) is 2.12. The number of hydrogen-bond acceptors (Lipinski definition) is 3. The molecule has 0 saturated heterocycles. The molecule has 0 aliphatic carbocycles. The van der Waals surface area contributed by atoms with Crippen LogP contribution in [0, 0.1) is 6.92 Å². The molecule has 2 N–H and O–H groups in total. The Bertz CT molecular complexity index is 359. The molecule has 0 unspecified atom stereocenters. The molecule has 1 aromatic rings.